The highest BCUT2D eigenvalue weighted by molar-refractivity contribution is 7.09. The first-order valence-electron chi connectivity index (χ1n) is 6.83. The molecule has 96 valence electrons. The Morgan fingerprint density at radius 3 is 2.71 bits per heavy atom. The van der Waals surface area contributed by atoms with Crippen molar-refractivity contribution < 1.29 is 0 Å². The van der Waals surface area contributed by atoms with Gasteiger partial charge in [0.25, 0.3) is 0 Å². The smallest absolute Gasteiger partial charge is 0.0794 e. The molecular formula is C14H24N2S. The van der Waals surface area contributed by atoms with Gasteiger partial charge in [-0.15, -0.1) is 11.3 Å². The van der Waals surface area contributed by atoms with Crippen LogP contribution in [0.25, 0.3) is 0 Å². The molecule has 2 rings (SSSR count). The predicted molar refractivity (Wildman–Crippen MR) is 74.2 cm³/mol. The summed E-state index contributed by atoms with van der Waals surface area (Å²) in [7, 11) is 0. The SMILES string of the molecule is CC(NC1CCCCC1C(C)C)c1cncs1. The van der Waals surface area contributed by atoms with Crippen molar-refractivity contribution in [2.45, 2.75) is 58.5 Å². The van der Waals surface area contributed by atoms with Crippen molar-refractivity contribution >= 4 is 11.3 Å². The van der Waals surface area contributed by atoms with Crippen molar-refractivity contribution in [3.63, 3.8) is 0 Å². The van der Waals surface area contributed by atoms with E-state index in [0.29, 0.717) is 12.1 Å². The molecule has 2 nitrogen and oxygen atoms in total. The molecule has 1 aliphatic rings. The number of hydrogen-bond donors (Lipinski definition) is 1. The summed E-state index contributed by atoms with van der Waals surface area (Å²) >= 11 is 1.76. The van der Waals surface area contributed by atoms with Crippen molar-refractivity contribution in [1.82, 2.24) is 10.3 Å². The average Bonchev–Trinajstić information content (AvgIpc) is 2.83. The maximum Gasteiger partial charge on any atom is 0.0794 e. The molecule has 3 atom stereocenters. The first-order chi connectivity index (χ1) is 8.18. The van der Waals surface area contributed by atoms with Crippen molar-refractivity contribution in [3.8, 4) is 0 Å². The van der Waals surface area contributed by atoms with E-state index in [0.717, 1.165) is 11.8 Å². The fourth-order valence-electron chi connectivity index (χ4n) is 3.01. The van der Waals surface area contributed by atoms with E-state index < -0.39 is 0 Å². The molecule has 3 unspecified atom stereocenters. The van der Waals surface area contributed by atoms with Gasteiger partial charge >= 0.3 is 0 Å². The molecule has 3 heteroatoms. The highest BCUT2D eigenvalue weighted by Gasteiger charge is 2.28. The second kappa shape index (κ2) is 5.96. The maximum atomic E-state index is 4.17. The van der Waals surface area contributed by atoms with Crippen LogP contribution in [0.15, 0.2) is 11.7 Å². The highest BCUT2D eigenvalue weighted by atomic mass is 32.1. The lowest BCUT2D eigenvalue weighted by Gasteiger charge is -2.36. The van der Waals surface area contributed by atoms with Crippen LogP contribution < -0.4 is 5.32 Å². The third-order valence-electron chi connectivity index (χ3n) is 4.02. The minimum Gasteiger partial charge on any atom is -0.306 e. The Kier molecular flexibility index (Phi) is 4.57. The number of nitrogens with zero attached hydrogens (tertiary/aromatic N) is 1. The van der Waals surface area contributed by atoms with Gasteiger partial charge in [-0.1, -0.05) is 26.7 Å². The zero-order chi connectivity index (χ0) is 12.3. The van der Waals surface area contributed by atoms with Gasteiger partial charge in [0.1, 0.15) is 0 Å². The van der Waals surface area contributed by atoms with Gasteiger partial charge in [-0.25, -0.2) is 0 Å². The first-order valence-corrected chi connectivity index (χ1v) is 7.71. The van der Waals surface area contributed by atoms with Crippen molar-refractivity contribution in [3.05, 3.63) is 16.6 Å². The Balaban J connectivity index is 1.96. The van der Waals surface area contributed by atoms with E-state index in [2.05, 4.69) is 31.1 Å². The molecule has 1 heterocycles. The lowest BCUT2D eigenvalue weighted by atomic mass is 9.77. The van der Waals surface area contributed by atoms with Crippen LogP contribution in [0.2, 0.25) is 0 Å². The van der Waals surface area contributed by atoms with Gasteiger partial charge < -0.3 is 5.32 Å². The lowest BCUT2D eigenvalue weighted by Crippen LogP contribution is -2.41. The molecule has 0 aromatic carbocycles. The van der Waals surface area contributed by atoms with Gasteiger partial charge in [-0.3, -0.25) is 4.98 Å². The third kappa shape index (κ3) is 3.29. The monoisotopic (exact) mass is 252 g/mol. The van der Waals surface area contributed by atoms with Crippen molar-refractivity contribution in [2.75, 3.05) is 0 Å². The average molecular weight is 252 g/mol. The van der Waals surface area contributed by atoms with Crippen LogP contribution in [0, 0.1) is 11.8 Å². The van der Waals surface area contributed by atoms with E-state index in [1.54, 1.807) is 11.3 Å². The number of aromatic nitrogens is 1. The Hall–Kier alpha value is -0.410. The Morgan fingerprint density at radius 2 is 2.06 bits per heavy atom. The van der Waals surface area contributed by atoms with Crippen LogP contribution in [0.1, 0.15) is 57.4 Å². The molecule has 0 spiro atoms. The van der Waals surface area contributed by atoms with Crippen LogP contribution in [-0.4, -0.2) is 11.0 Å². The van der Waals surface area contributed by atoms with E-state index in [1.165, 1.54) is 30.6 Å². The highest BCUT2D eigenvalue weighted by Crippen LogP contribution is 2.32. The van der Waals surface area contributed by atoms with Gasteiger partial charge in [-0.2, -0.15) is 0 Å². The fraction of sp³-hybridized carbons (Fsp3) is 0.786. The van der Waals surface area contributed by atoms with E-state index >= 15 is 0 Å². The topological polar surface area (TPSA) is 24.9 Å². The van der Waals surface area contributed by atoms with Crippen LogP contribution in [0.3, 0.4) is 0 Å². The van der Waals surface area contributed by atoms with E-state index in [-0.39, 0.29) is 0 Å². The van der Waals surface area contributed by atoms with Crippen molar-refractivity contribution in [2.24, 2.45) is 11.8 Å². The third-order valence-corrected chi connectivity index (χ3v) is 4.98. The number of thiazole rings is 1. The second-order valence-electron chi connectivity index (χ2n) is 5.59. The zero-order valence-corrected chi connectivity index (χ0v) is 12.0. The van der Waals surface area contributed by atoms with Gasteiger partial charge in [0.15, 0.2) is 0 Å². The number of hydrogen-bond acceptors (Lipinski definition) is 3. The molecule has 1 N–H and O–H groups in total. The number of rotatable bonds is 4. The quantitative estimate of drug-likeness (QED) is 0.876. The molecule has 0 bridgehead atoms. The molecule has 0 aliphatic heterocycles. The standard InChI is InChI=1S/C14H24N2S/c1-10(2)12-6-4-5-7-13(12)16-11(3)14-8-15-9-17-14/h8-13,16H,4-7H2,1-3H3. The molecule has 1 fully saturated rings. The molecule has 0 amide bonds. The molecule has 0 saturated heterocycles. The van der Waals surface area contributed by atoms with Gasteiger partial charge in [0.05, 0.1) is 5.51 Å². The largest absolute Gasteiger partial charge is 0.306 e. The summed E-state index contributed by atoms with van der Waals surface area (Å²) in [6.07, 6.45) is 7.53. The molecular weight excluding hydrogens is 228 g/mol. The van der Waals surface area contributed by atoms with Crippen LogP contribution >= 0.6 is 11.3 Å². The summed E-state index contributed by atoms with van der Waals surface area (Å²) in [6, 6.07) is 1.15. The number of nitrogens with one attached hydrogen (secondary N) is 1. The van der Waals surface area contributed by atoms with E-state index in [9.17, 15) is 0 Å². The molecule has 1 aliphatic carbocycles. The first kappa shape index (κ1) is 13.0. The van der Waals surface area contributed by atoms with Gasteiger partial charge in [0, 0.05) is 23.2 Å². The fourth-order valence-corrected chi connectivity index (χ4v) is 3.64. The molecule has 17 heavy (non-hydrogen) atoms. The predicted octanol–water partition coefficient (Wildman–Crippen LogP) is 4.01. The Morgan fingerprint density at radius 1 is 1.29 bits per heavy atom. The van der Waals surface area contributed by atoms with Crippen LogP contribution in [0.4, 0.5) is 0 Å². The summed E-state index contributed by atoms with van der Waals surface area (Å²) in [5, 5.41) is 3.82. The second-order valence-corrected chi connectivity index (χ2v) is 6.51. The summed E-state index contributed by atoms with van der Waals surface area (Å²) in [5.74, 6) is 1.64. The van der Waals surface area contributed by atoms with Crippen molar-refractivity contribution in [1.29, 1.82) is 0 Å². The van der Waals surface area contributed by atoms with E-state index in [4.69, 9.17) is 0 Å². The Bertz CT molecular complexity index is 321. The summed E-state index contributed by atoms with van der Waals surface area (Å²) in [4.78, 5) is 5.53. The zero-order valence-electron chi connectivity index (χ0n) is 11.1. The van der Waals surface area contributed by atoms with Gasteiger partial charge in [0.2, 0.25) is 0 Å². The molecule has 1 saturated carbocycles. The lowest BCUT2D eigenvalue weighted by molar-refractivity contribution is 0.195. The summed E-state index contributed by atoms with van der Waals surface area (Å²) in [5.41, 5.74) is 1.92. The molecule has 1 aromatic rings. The van der Waals surface area contributed by atoms with Crippen LogP contribution in [0.5, 0.6) is 0 Å². The normalized spacial score (nSPS) is 27.3. The summed E-state index contributed by atoms with van der Waals surface area (Å²) < 4.78 is 0. The Labute approximate surface area is 109 Å². The minimum atomic E-state index is 0.451. The van der Waals surface area contributed by atoms with Gasteiger partial charge in [-0.05, 0) is 31.6 Å². The van der Waals surface area contributed by atoms with Crippen LogP contribution in [-0.2, 0) is 0 Å². The summed E-state index contributed by atoms with van der Waals surface area (Å²) in [6.45, 7) is 6.99. The minimum absolute atomic E-state index is 0.451. The molecule has 0 radical (unpaired) electrons. The molecule has 1 aromatic heterocycles. The van der Waals surface area contributed by atoms with E-state index in [1.807, 2.05) is 11.7 Å². The maximum absolute atomic E-state index is 4.17.